The van der Waals surface area contributed by atoms with Crippen molar-refractivity contribution in [3.8, 4) is 0 Å². The van der Waals surface area contributed by atoms with E-state index < -0.39 is 0 Å². The van der Waals surface area contributed by atoms with Gasteiger partial charge in [-0.15, -0.1) is 0 Å². The van der Waals surface area contributed by atoms with Gasteiger partial charge in [0.25, 0.3) is 0 Å². The Balaban J connectivity index is 1.84. The fourth-order valence-corrected chi connectivity index (χ4v) is 2.05. The van der Waals surface area contributed by atoms with Gasteiger partial charge >= 0.3 is 0 Å². The molecule has 3 nitrogen and oxygen atoms in total. The van der Waals surface area contributed by atoms with Crippen LogP contribution in [0, 0.1) is 6.92 Å². The van der Waals surface area contributed by atoms with Gasteiger partial charge in [-0.1, -0.05) is 24.3 Å². The van der Waals surface area contributed by atoms with E-state index in [1.807, 2.05) is 37.5 Å². The van der Waals surface area contributed by atoms with Gasteiger partial charge in [-0.05, 0) is 30.7 Å². The molecule has 3 rings (SSSR count). The van der Waals surface area contributed by atoms with Crippen molar-refractivity contribution in [1.82, 2.24) is 9.97 Å². The first kappa shape index (κ1) is 11.7. The van der Waals surface area contributed by atoms with Crippen LogP contribution in [-0.2, 0) is 6.54 Å². The summed E-state index contributed by atoms with van der Waals surface area (Å²) in [5.74, 6) is 0. The lowest BCUT2D eigenvalue weighted by atomic mass is 10.2. The van der Waals surface area contributed by atoms with Crippen LogP contribution in [0.15, 0.2) is 54.9 Å². The Kier molecular flexibility index (Phi) is 3.11. The first-order chi connectivity index (χ1) is 9.33. The Bertz CT molecular complexity index is 684. The molecule has 0 aliphatic carbocycles. The molecule has 0 atom stereocenters. The van der Waals surface area contributed by atoms with Crippen LogP contribution in [-0.4, -0.2) is 9.97 Å². The summed E-state index contributed by atoms with van der Waals surface area (Å²) >= 11 is 0. The molecule has 1 N–H and O–H groups in total. The molecule has 3 heteroatoms. The third-order valence-electron chi connectivity index (χ3n) is 3.09. The van der Waals surface area contributed by atoms with Crippen molar-refractivity contribution in [2.75, 3.05) is 5.32 Å². The van der Waals surface area contributed by atoms with Crippen molar-refractivity contribution >= 4 is 16.6 Å². The number of nitrogens with one attached hydrogen (secondary N) is 1. The summed E-state index contributed by atoms with van der Waals surface area (Å²) in [6.07, 6.45) is 3.72. The summed E-state index contributed by atoms with van der Waals surface area (Å²) in [5, 5.41) is 4.57. The number of aryl methyl sites for hydroxylation is 1. The van der Waals surface area contributed by atoms with Crippen LogP contribution in [0.5, 0.6) is 0 Å². The summed E-state index contributed by atoms with van der Waals surface area (Å²) < 4.78 is 0. The van der Waals surface area contributed by atoms with E-state index in [2.05, 4.69) is 39.6 Å². The second-order valence-corrected chi connectivity index (χ2v) is 4.54. The van der Waals surface area contributed by atoms with Crippen LogP contribution in [0.3, 0.4) is 0 Å². The van der Waals surface area contributed by atoms with Crippen LogP contribution in [0.2, 0.25) is 0 Å². The Morgan fingerprint density at radius 1 is 1.00 bits per heavy atom. The zero-order valence-electron chi connectivity index (χ0n) is 10.8. The van der Waals surface area contributed by atoms with Gasteiger partial charge in [-0.2, -0.15) is 0 Å². The number of pyridine rings is 2. The lowest BCUT2D eigenvalue weighted by molar-refractivity contribution is 1.09. The second kappa shape index (κ2) is 5.06. The zero-order valence-corrected chi connectivity index (χ0v) is 10.8. The first-order valence-corrected chi connectivity index (χ1v) is 6.32. The SMILES string of the molecule is Cc1ccc(CNc2cccc3cccnc23)cn1. The molecular weight excluding hydrogens is 234 g/mol. The topological polar surface area (TPSA) is 37.8 Å². The fraction of sp³-hybridized carbons (Fsp3) is 0.125. The highest BCUT2D eigenvalue weighted by Crippen LogP contribution is 2.21. The van der Waals surface area contributed by atoms with Gasteiger partial charge in [-0.3, -0.25) is 9.97 Å². The zero-order chi connectivity index (χ0) is 13.1. The number of hydrogen-bond donors (Lipinski definition) is 1. The summed E-state index contributed by atoms with van der Waals surface area (Å²) in [6, 6.07) is 14.3. The van der Waals surface area contributed by atoms with Gasteiger partial charge in [-0.25, -0.2) is 0 Å². The minimum absolute atomic E-state index is 0.753. The molecule has 0 bridgehead atoms. The van der Waals surface area contributed by atoms with E-state index in [4.69, 9.17) is 0 Å². The molecule has 2 aromatic heterocycles. The summed E-state index contributed by atoms with van der Waals surface area (Å²) in [5.41, 5.74) is 4.26. The average Bonchev–Trinajstić information content (AvgIpc) is 2.47. The lowest BCUT2D eigenvalue weighted by Crippen LogP contribution is -2.01. The van der Waals surface area contributed by atoms with Crippen LogP contribution in [0.1, 0.15) is 11.3 Å². The van der Waals surface area contributed by atoms with Crippen LogP contribution in [0.25, 0.3) is 10.9 Å². The molecule has 0 aliphatic rings. The van der Waals surface area contributed by atoms with E-state index in [9.17, 15) is 0 Å². The largest absolute Gasteiger partial charge is 0.379 e. The standard InChI is InChI=1S/C16H15N3/c1-12-7-8-13(10-18-12)11-19-15-6-2-4-14-5-3-9-17-16(14)15/h2-10,19H,11H2,1H3. The Labute approximate surface area is 112 Å². The van der Waals surface area contributed by atoms with Gasteiger partial charge in [0.05, 0.1) is 11.2 Å². The van der Waals surface area contributed by atoms with E-state index in [-0.39, 0.29) is 0 Å². The maximum absolute atomic E-state index is 4.43. The van der Waals surface area contributed by atoms with E-state index in [0.29, 0.717) is 0 Å². The summed E-state index contributed by atoms with van der Waals surface area (Å²) in [7, 11) is 0. The molecule has 0 amide bonds. The highest BCUT2D eigenvalue weighted by molar-refractivity contribution is 5.90. The van der Waals surface area contributed by atoms with Crippen molar-refractivity contribution in [1.29, 1.82) is 0 Å². The third-order valence-corrected chi connectivity index (χ3v) is 3.09. The lowest BCUT2D eigenvalue weighted by Gasteiger charge is -2.09. The number of anilines is 1. The minimum atomic E-state index is 0.753. The van der Waals surface area contributed by atoms with Crippen LogP contribution < -0.4 is 5.32 Å². The Morgan fingerprint density at radius 2 is 1.89 bits per heavy atom. The highest BCUT2D eigenvalue weighted by Gasteiger charge is 2.01. The normalized spacial score (nSPS) is 10.6. The van der Waals surface area contributed by atoms with Crippen molar-refractivity contribution in [2.24, 2.45) is 0 Å². The van der Waals surface area contributed by atoms with Gasteiger partial charge in [0, 0.05) is 30.0 Å². The van der Waals surface area contributed by atoms with Crippen LogP contribution >= 0.6 is 0 Å². The number of hydrogen-bond acceptors (Lipinski definition) is 3. The average molecular weight is 249 g/mol. The molecule has 0 radical (unpaired) electrons. The molecule has 0 saturated carbocycles. The van der Waals surface area contributed by atoms with Gasteiger partial charge in [0.15, 0.2) is 0 Å². The van der Waals surface area contributed by atoms with Crippen molar-refractivity contribution in [2.45, 2.75) is 13.5 Å². The minimum Gasteiger partial charge on any atom is -0.379 e. The van der Waals surface area contributed by atoms with E-state index >= 15 is 0 Å². The van der Waals surface area contributed by atoms with Crippen molar-refractivity contribution in [3.63, 3.8) is 0 Å². The maximum atomic E-state index is 4.43. The number of aromatic nitrogens is 2. The molecule has 0 saturated heterocycles. The maximum Gasteiger partial charge on any atom is 0.0933 e. The quantitative estimate of drug-likeness (QED) is 0.771. The smallest absolute Gasteiger partial charge is 0.0933 e. The van der Waals surface area contributed by atoms with Crippen LogP contribution in [0.4, 0.5) is 5.69 Å². The predicted molar refractivity (Wildman–Crippen MR) is 78.0 cm³/mol. The monoisotopic (exact) mass is 249 g/mol. The van der Waals surface area contributed by atoms with Crippen molar-refractivity contribution < 1.29 is 0 Å². The highest BCUT2D eigenvalue weighted by atomic mass is 14.9. The molecule has 0 unspecified atom stereocenters. The number of rotatable bonds is 3. The van der Waals surface area contributed by atoms with E-state index in [1.54, 1.807) is 0 Å². The van der Waals surface area contributed by atoms with E-state index in [1.165, 1.54) is 5.56 Å². The number of fused-ring (bicyclic) bond motifs is 1. The Hall–Kier alpha value is -2.42. The van der Waals surface area contributed by atoms with E-state index in [0.717, 1.165) is 28.8 Å². The first-order valence-electron chi connectivity index (χ1n) is 6.32. The fourth-order valence-electron chi connectivity index (χ4n) is 2.05. The van der Waals surface area contributed by atoms with Gasteiger partial charge in [0.1, 0.15) is 0 Å². The molecule has 2 heterocycles. The Morgan fingerprint density at radius 3 is 2.74 bits per heavy atom. The molecule has 94 valence electrons. The number of nitrogens with zero attached hydrogens (tertiary/aromatic N) is 2. The third kappa shape index (κ3) is 2.55. The molecular formula is C16H15N3. The van der Waals surface area contributed by atoms with Gasteiger partial charge < -0.3 is 5.32 Å². The molecule has 0 spiro atoms. The van der Waals surface area contributed by atoms with Crippen molar-refractivity contribution in [3.05, 3.63) is 66.1 Å². The summed E-state index contributed by atoms with van der Waals surface area (Å²) in [4.78, 5) is 8.73. The molecule has 3 aromatic rings. The second-order valence-electron chi connectivity index (χ2n) is 4.54. The molecule has 0 aliphatic heterocycles. The summed E-state index contributed by atoms with van der Waals surface area (Å²) in [6.45, 7) is 2.74. The molecule has 19 heavy (non-hydrogen) atoms. The predicted octanol–water partition coefficient (Wildman–Crippen LogP) is 3.55. The van der Waals surface area contributed by atoms with Gasteiger partial charge in [0.2, 0.25) is 0 Å². The molecule has 0 fully saturated rings. The number of para-hydroxylation sites is 1. The molecule has 1 aromatic carbocycles. The number of benzene rings is 1.